The lowest BCUT2D eigenvalue weighted by Crippen LogP contribution is -2.32. The van der Waals surface area contributed by atoms with Crippen LogP contribution in [0.15, 0.2) is 36.4 Å². The Hall–Kier alpha value is -2.49. The molecule has 0 fully saturated rings. The zero-order valence-corrected chi connectivity index (χ0v) is 14.9. The quantitative estimate of drug-likeness (QED) is 0.774. The first-order valence-electron chi connectivity index (χ1n) is 8.35. The lowest BCUT2D eigenvalue weighted by Gasteiger charge is -2.15. The third-order valence-corrected chi connectivity index (χ3v) is 4.02. The molecule has 0 atom stereocenters. The predicted octanol–water partition coefficient (Wildman–Crippen LogP) is 4.37. The fourth-order valence-corrected chi connectivity index (χ4v) is 2.70. The van der Waals surface area contributed by atoms with Crippen LogP contribution in [0.25, 0.3) is 0 Å². The largest absolute Gasteiger partial charge is 0.491 e. The summed E-state index contributed by atoms with van der Waals surface area (Å²) in [4.78, 5) is 12.1. The van der Waals surface area contributed by atoms with E-state index < -0.39 is 0 Å². The number of rotatable bonds is 6. The molecule has 0 aliphatic heterocycles. The first kappa shape index (κ1) is 17.9. The highest BCUT2D eigenvalue weighted by Gasteiger charge is 2.08. The summed E-state index contributed by atoms with van der Waals surface area (Å²) in [6, 6.07) is 11.9. The van der Waals surface area contributed by atoms with Crippen LogP contribution in [-0.4, -0.2) is 19.2 Å². The van der Waals surface area contributed by atoms with Crippen LogP contribution in [0.3, 0.4) is 0 Å². The highest BCUT2D eigenvalue weighted by atomic mass is 16.5. The molecule has 24 heavy (non-hydrogen) atoms. The molecule has 0 bridgehead atoms. The Morgan fingerprint density at radius 2 is 1.62 bits per heavy atom. The van der Waals surface area contributed by atoms with Gasteiger partial charge in [0.15, 0.2) is 0 Å². The number of ether oxygens (including phenoxy) is 1. The van der Waals surface area contributed by atoms with Crippen LogP contribution < -0.4 is 15.4 Å². The summed E-state index contributed by atoms with van der Waals surface area (Å²) in [6.07, 6.45) is 0.882. The van der Waals surface area contributed by atoms with Crippen molar-refractivity contribution in [2.24, 2.45) is 0 Å². The Bertz CT molecular complexity index is 691. The van der Waals surface area contributed by atoms with E-state index in [2.05, 4.69) is 17.6 Å². The molecule has 0 unspecified atom stereocenters. The summed E-state index contributed by atoms with van der Waals surface area (Å²) in [5.74, 6) is 0.895. The molecular formula is C20H26N2O2. The number of hydrogen-bond donors (Lipinski definition) is 2. The minimum atomic E-state index is -0.205. The van der Waals surface area contributed by atoms with Crippen molar-refractivity contribution in [3.8, 4) is 5.75 Å². The van der Waals surface area contributed by atoms with Gasteiger partial charge in [0.1, 0.15) is 12.4 Å². The number of amides is 2. The molecule has 2 aromatic rings. The number of nitrogens with one attached hydrogen (secondary N) is 2. The summed E-state index contributed by atoms with van der Waals surface area (Å²) in [7, 11) is 0. The minimum Gasteiger partial charge on any atom is -0.491 e. The van der Waals surface area contributed by atoms with Gasteiger partial charge in [-0.05, 0) is 49.4 Å². The summed E-state index contributed by atoms with van der Waals surface area (Å²) in [5.41, 5.74) is 5.31. The molecule has 0 heterocycles. The fraction of sp³-hybridized carbons (Fsp3) is 0.350. The van der Waals surface area contributed by atoms with Crippen molar-refractivity contribution in [1.82, 2.24) is 5.32 Å². The first-order chi connectivity index (χ1) is 11.5. The monoisotopic (exact) mass is 326 g/mol. The van der Waals surface area contributed by atoms with Crippen LogP contribution in [0.1, 0.15) is 29.2 Å². The van der Waals surface area contributed by atoms with Gasteiger partial charge < -0.3 is 15.4 Å². The Morgan fingerprint density at radius 3 is 2.29 bits per heavy atom. The Balaban J connectivity index is 1.84. The second kappa shape index (κ2) is 8.39. The molecule has 4 heteroatoms. The molecule has 4 nitrogen and oxygen atoms in total. The van der Waals surface area contributed by atoms with Crippen LogP contribution in [0, 0.1) is 20.8 Å². The van der Waals surface area contributed by atoms with E-state index in [1.807, 2.05) is 57.2 Å². The average Bonchev–Trinajstić information content (AvgIpc) is 2.55. The van der Waals surface area contributed by atoms with Gasteiger partial charge in [-0.15, -0.1) is 0 Å². The molecule has 0 aliphatic rings. The van der Waals surface area contributed by atoms with Crippen LogP contribution >= 0.6 is 0 Å². The summed E-state index contributed by atoms with van der Waals surface area (Å²) in [5, 5.41) is 5.79. The Kier molecular flexibility index (Phi) is 6.24. The van der Waals surface area contributed by atoms with Gasteiger partial charge in [0.2, 0.25) is 0 Å². The van der Waals surface area contributed by atoms with Gasteiger partial charge in [0, 0.05) is 5.69 Å². The van der Waals surface area contributed by atoms with Gasteiger partial charge in [0.25, 0.3) is 0 Å². The van der Waals surface area contributed by atoms with E-state index in [0.29, 0.717) is 13.2 Å². The molecule has 2 amide bonds. The standard InChI is InChI=1S/C20H26N2O2/c1-5-17-11-7-8-14(2)18(17)22-20(23)21-12-13-24-19-15(3)9-6-10-16(19)4/h6-11H,5,12-13H2,1-4H3,(H2,21,22,23). The summed E-state index contributed by atoms with van der Waals surface area (Å²) in [6.45, 7) is 9.01. The molecule has 2 aromatic carbocycles. The molecular weight excluding hydrogens is 300 g/mol. The van der Waals surface area contributed by atoms with Crippen molar-refractivity contribution < 1.29 is 9.53 Å². The van der Waals surface area contributed by atoms with Crippen LogP contribution in [-0.2, 0) is 6.42 Å². The molecule has 2 rings (SSSR count). The third-order valence-electron chi connectivity index (χ3n) is 4.02. The molecule has 0 aromatic heterocycles. The Morgan fingerprint density at radius 1 is 1.00 bits per heavy atom. The molecule has 0 radical (unpaired) electrons. The van der Waals surface area contributed by atoms with Crippen LogP contribution in [0.5, 0.6) is 5.75 Å². The molecule has 2 N–H and O–H groups in total. The number of para-hydroxylation sites is 2. The Labute approximate surface area is 144 Å². The van der Waals surface area contributed by atoms with Crippen LogP contribution in [0.4, 0.5) is 10.5 Å². The van der Waals surface area contributed by atoms with E-state index in [1.165, 1.54) is 0 Å². The van der Waals surface area contributed by atoms with Crippen molar-refractivity contribution in [2.45, 2.75) is 34.1 Å². The average molecular weight is 326 g/mol. The highest BCUT2D eigenvalue weighted by Crippen LogP contribution is 2.22. The lowest BCUT2D eigenvalue weighted by atomic mass is 10.1. The maximum absolute atomic E-state index is 12.1. The van der Waals surface area contributed by atoms with Crippen molar-refractivity contribution >= 4 is 11.7 Å². The van der Waals surface area contributed by atoms with Crippen molar-refractivity contribution in [3.05, 3.63) is 58.7 Å². The second-order valence-electron chi connectivity index (χ2n) is 5.91. The molecule has 0 saturated heterocycles. The number of benzene rings is 2. The molecule has 0 aliphatic carbocycles. The van der Waals surface area contributed by atoms with Gasteiger partial charge in [-0.2, -0.15) is 0 Å². The highest BCUT2D eigenvalue weighted by molar-refractivity contribution is 5.91. The number of aryl methyl sites for hydroxylation is 4. The zero-order chi connectivity index (χ0) is 17.5. The number of carbonyl (C=O) groups is 1. The van der Waals surface area contributed by atoms with Gasteiger partial charge >= 0.3 is 6.03 Å². The van der Waals surface area contributed by atoms with E-state index in [1.54, 1.807) is 0 Å². The fourth-order valence-electron chi connectivity index (χ4n) is 2.70. The number of carbonyl (C=O) groups excluding carboxylic acids is 1. The molecule has 0 spiro atoms. The maximum Gasteiger partial charge on any atom is 0.319 e. The molecule has 128 valence electrons. The summed E-state index contributed by atoms with van der Waals surface area (Å²) >= 11 is 0. The summed E-state index contributed by atoms with van der Waals surface area (Å²) < 4.78 is 5.79. The normalized spacial score (nSPS) is 10.3. The lowest BCUT2D eigenvalue weighted by molar-refractivity contribution is 0.247. The number of anilines is 1. The first-order valence-corrected chi connectivity index (χ1v) is 8.35. The second-order valence-corrected chi connectivity index (χ2v) is 5.91. The van der Waals surface area contributed by atoms with E-state index in [-0.39, 0.29) is 6.03 Å². The molecule has 0 saturated carbocycles. The predicted molar refractivity (Wildman–Crippen MR) is 99.0 cm³/mol. The number of hydrogen-bond acceptors (Lipinski definition) is 2. The van der Waals surface area contributed by atoms with E-state index >= 15 is 0 Å². The SMILES string of the molecule is CCc1cccc(C)c1NC(=O)NCCOc1c(C)cccc1C. The van der Waals surface area contributed by atoms with Crippen molar-refractivity contribution in [3.63, 3.8) is 0 Å². The number of urea groups is 1. The van der Waals surface area contributed by atoms with Gasteiger partial charge in [0.05, 0.1) is 6.54 Å². The maximum atomic E-state index is 12.1. The van der Waals surface area contributed by atoms with E-state index in [4.69, 9.17) is 4.74 Å². The van der Waals surface area contributed by atoms with Crippen LogP contribution in [0.2, 0.25) is 0 Å². The van der Waals surface area contributed by atoms with Gasteiger partial charge in [-0.3, -0.25) is 0 Å². The topological polar surface area (TPSA) is 50.4 Å². The van der Waals surface area contributed by atoms with E-state index in [9.17, 15) is 4.79 Å². The van der Waals surface area contributed by atoms with Crippen molar-refractivity contribution in [1.29, 1.82) is 0 Å². The van der Waals surface area contributed by atoms with Gasteiger partial charge in [-0.1, -0.05) is 43.3 Å². The minimum absolute atomic E-state index is 0.205. The van der Waals surface area contributed by atoms with Gasteiger partial charge in [-0.25, -0.2) is 4.79 Å². The van der Waals surface area contributed by atoms with E-state index in [0.717, 1.165) is 40.1 Å². The smallest absolute Gasteiger partial charge is 0.319 e. The third kappa shape index (κ3) is 4.51. The zero-order valence-electron chi connectivity index (χ0n) is 14.9. The van der Waals surface area contributed by atoms with Crippen molar-refractivity contribution in [2.75, 3.05) is 18.5 Å².